The molecule has 1 heterocycles. The number of aliphatic hydroxyl groups is 1. The maximum Gasteiger partial charge on any atom is 0.325 e. The van der Waals surface area contributed by atoms with Gasteiger partial charge in [-0.2, -0.15) is 0 Å². The van der Waals surface area contributed by atoms with Crippen molar-refractivity contribution in [1.82, 2.24) is 10.2 Å². The monoisotopic (exact) mass is 268 g/mol. The third-order valence-electron chi connectivity index (χ3n) is 4.45. The molecule has 0 aromatic heterocycles. The molecule has 3 amide bonds. The summed E-state index contributed by atoms with van der Waals surface area (Å²) in [4.78, 5) is 25.8. The highest BCUT2D eigenvalue weighted by Gasteiger charge is 2.53. The summed E-state index contributed by atoms with van der Waals surface area (Å²) in [5.74, 6) is 0.463. The van der Waals surface area contributed by atoms with Crippen LogP contribution in [0, 0.1) is 5.92 Å². The maximum absolute atomic E-state index is 12.2. The molecule has 0 bridgehead atoms. The van der Waals surface area contributed by atoms with Gasteiger partial charge in [0.05, 0.1) is 5.60 Å². The zero-order valence-corrected chi connectivity index (χ0v) is 12.0. The summed E-state index contributed by atoms with van der Waals surface area (Å²) in [6, 6.07) is -0.302. The molecule has 108 valence electrons. The van der Waals surface area contributed by atoms with Crippen LogP contribution in [0.15, 0.2) is 0 Å². The molecule has 0 atom stereocenters. The molecule has 1 saturated carbocycles. The molecule has 1 saturated heterocycles. The van der Waals surface area contributed by atoms with Gasteiger partial charge in [0.25, 0.3) is 5.91 Å². The summed E-state index contributed by atoms with van der Waals surface area (Å²) in [6.07, 6.45) is 3.89. The number of carbonyl (C=O) groups is 2. The summed E-state index contributed by atoms with van der Waals surface area (Å²) in [5.41, 5.74) is -1.48. The summed E-state index contributed by atoms with van der Waals surface area (Å²) < 4.78 is 0. The molecule has 19 heavy (non-hydrogen) atoms. The third-order valence-corrected chi connectivity index (χ3v) is 4.45. The van der Waals surface area contributed by atoms with E-state index in [1.54, 1.807) is 18.7 Å². The Morgan fingerprint density at radius 3 is 2.47 bits per heavy atom. The zero-order valence-electron chi connectivity index (χ0n) is 12.0. The summed E-state index contributed by atoms with van der Waals surface area (Å²) in [7, 11) is 0. The smallest absolute Gasteiger partial charge is 0.325 e. The number of imide groups is 1. The Kier molecular flexibility index (Phi) is 3.60. The Hall–Kier alpha value is -1.10. The van der Waals surface area contributed by atoms with Gasteiger partial charge in [0, 0.05) is 6.54 Å². The quantitative estimate of drug-likeness (QED) is 0.765. The second-order valence-corrected chi connectivity index (χ2v) is 6.69. The fraction of sp³-hybridized carbons (Fsp3) is 0.857. The van der Waals surface area contributed by atoms with Gasteiger partial charge >= 0.3 is 6.03 Å². The van der Waals surface area contributed by atoms with Crippen molar-refractivity contribution in [2.24, 2.45) is 5.92 Å². The highest BCUT2D eigenvalue weighted by molar-refractivity contribution is 6.07. The van der Waals surface area contributed by atoms with E-state index < -0.39 is 11.1 Å². The molecule has 0 unspecified atom stereocenters. The molecular formula is C14H24N2O3. The van der Waals surface area contributed by atoms with Gasteiger partial charge in [-0.05, 0) is 51.9 Å². The van der Waals surface area contributed by atoms with Gasteiger partial charge in [-0.3, -0.25) is 10.1 Å². The fourth-order valence-corrected chi connectivity index (χ4v) is 3.04. The van der Waals surface area contributed by atoms with E-state index in [1.165, 1.54) is 0 Å². The van der Waals surface area contributed by atoms with Crippen LogP contribution in [0.5, 0.6) is 0 Å². The molecule has 0 aromatic rings. The second kappa shape index (κ2) is 4.78. The average Bonchev–Trinajstić information content (AvgIpc) is 2.51. The number of hydrogen-bond acceptors (Lipinski definition) is 3. The predicted molar refractivity (Wildman–Crippen MR) is 71.5 cm³/mol. The van der Waals surface area contributed by atoms with Gasteiger partial charge < -0.3 is 10.0 Å². The minimum absolute atomic E-state index is 0.153. The lowest BCUT2D eigenvalue weighted by Crippen LogP contribution is -2.52. The van der Waals surface area contributed by atoms with E-state index in [0.717, 1.165) is 25.7 Å². The van der Waals surface area contributed by atoms with E-state index in [0.29, 0.717) is 18.9 Å². The minimum atomic E-state index is -0.824. The first-order chi connectivity index (χ1) is 8.74. The SMILES string of the molecule is CC1CCC2(CC1)C(=O)NC(=O)N2CCC(C)(C)O. The molecule has 0 radical (unpaired) electrons. The molecule has 2 rings (SSSR count). The van der Waals surface area contributed by atoms with Crippen molar-refractivity contribution in [2.75, 3.05) is 6.54 Å². The Labute approximate surface area is 114 Å². The normalized spacial score (nSPS) is 32.0. The maximum atomic E-state index is 12.2. The molecule has 2 aliphatic rings. The standard InChI is InChI=1S/C14H24N2O3/c1-10-4-6-14(7-5-10)11(17)15-12(18)16(14)9-8-13(2,3)19/h10,19H,4-9H2,1-3H3,(H,15,17,18). The van der Waals surface area contributed by atoms with Crippen LogP contribution in [0.2, 0.25) is 0 Å². The topological polar surface area (TPSA) is 69.6 Å². The van der Waals surface area contributed by atoms with Gasteiger partial charge in [-0.25, -0.2) is 4.79 Å². The second-order valence-electron chi connectivity index (χ2n) is 6.69. The average molecular weight is 268 g/mol. The van der Waals surface area contributed by atoms with Crippen LogP contribution in [-0.4, -0.2) is 39.6 Å². The molecule has 2 N–H and O–H groups in total. The first kappa shape index (κ1) is 14.3. The minimum Gasteiger partial charge on any atom is -0.390 e. The van der Waals surface area contributed by atoms with Crippen LogP contribution >= 0.6 is 0 Å². The molecule has 1 aliphatic heterocycles. The van der Waals surface area contributed by atoms with E-state index in [4.69, 9.17) is 0 Å². The van der Waals surface area contributed by atoms with Crippen molar-refractivity contribution in [3.63, 3.8) is 0 Å². The van der Waals surface area contributed by atoms with Gasteiger partial charge in [0.15, 0.2) is 0 Å². The molecule has 5 nitrogen and oxygen atoms in total. The van der Waals surface area contributed by atoms with Gasteiger partial charge in [0.1, 0.15) is 5.54 Å². The lowest BCUT2D eigenvalue weighted by atomic mass is 9.76. The molecular weight excluding hydrogens is 244 g/mol. The van der Waals surface area contributed by atoms with Crippen LogP contribution < -0.4 is 5.32 Å². The number of nitrogens with one attached hydrogen (secondary N) is 1. The van der Waals surface area contributed by atoms with Gasteiger partial charge in [0.2, 0.25) is 0 Å². The Bertz CT molecular complexity index is 379. The Balaban J connectivity index is 2.14. The van der Waals surface area contributed by atoms with E-state index in [2.05, 4.69) is 12.2 Å². The van der Waals surface area contributed by atoms with Crippen molar-refractivity contribution in [2.45, 2.75) is 64.0 Å². The number of hydrogen-bond donors (Lipinski definition) is 2. The first-order valence-corrected chi connectivity index (χ1v) is 7.10. The van der Waals surface area contributed by atoms with E-state index >= 15 is 0 Å². The highest BCUT2D eigenvalue weighted by atomic mass is 16.3. The zero-order chi connectivity index (χ0) is 14.3. The third kappa shape index (κ3) is 2.76. The van der Waals surface area contributed by atoms with E-state index in [9.17, 15) is 14.7 Å². The molecule has 1 spiro atoms. The molecule has 1 aliphatic carbocycles. The van der Waals surface area contributed by atoms with Gasteiger partial charge in [-0.15, -0.1) is 0 Å². The summed E-state index contributed by atoms with van der Waals surface area (Å²) in [6.45, 7) is 6.05. The molecule has 5 heteroatoms. The van der Waals surface area contributed by atoms with Crippen LogP contribution in [0.4, 0.5) is 4.79 Å². The Morgan fingerprint density at radius 2 is 1.95 bits per heavy atom. The molecule has 0 aromatic carbocycles. The summed E-state index contributed by atoms with van der Waals surface area (Å²) >= 11 is 0. The first-order valence-electron chi connectivity index (χ1n) is 7.10. The fourth-order valence-electron chi connectivity index (χ4n) is 3.04. The summed E-state index contributed by atoms with van der Waals surface area (Å²) in [5, 5.41) is 12.3. The van der Waals surface area contributed by atoms with E-state index in [1.807, 2.05) is 0 Å². The predicted octanol–water partition coefficient (Wildman–Crippen LogP) is 1.65. The van der Waals surface area contributed by atoms with Crippen molar-refractivity contribution in [1.29, 1.82) is 0 Å². The van der Waals surface area contributed by atoms with Crippen molar-refractivity contribution < 1.29 is 14.7 Å². The number of nitrogens with zero attached hydrogens (tertiary/aromatic N) is 1. The van der Waals surface area contributed by atoms with Crippen LogP contribution in [-0.2, 0) is 4.79 Å². The van der Waals surface area contributed by atoms with Crippen LogP contribution in [0.1, 0.15) is 52.9 Å². The molecule has 2 fully saturated rings. The number of urea groups is 1. The number of carbonyl (C=O) groups excluding carboxylic acids is 2. The lowest BCUT2D eigenvalue weighted by Gasteiger charge is -2.40. The van der Waals surface area contributed by atoms with Crippen molar-refractivity contribution in [3.05, 3.63) is 0 Å². The van der Waals surface area contributed by atoms with Crippen LogP contribution in [0.3, 0.4) is 0 Å². The van der Waals surface area contributed by atoms with Crippen molar-refractivity contribution >= 4 is 11.9 Å². The van der Waals surface area contributed by atoms with Crippen LogP contribution in [0.25, 0.3) is 0 Å². The highest BCUT2D eigenvalue weighted by Crippen LogP contribution is 2.39. The number of amides is 3. The van der Waals surface area contributed by atoms with Crippen molar-refractivity contribution in [3.8, 4) is 0 Å². The lowest BCUT2D eigenvalue weighted by molar-refractivity contribution is -0.129. The van der Waals surface area contributed by atoms with Gasteiger partial charge in [-0.1, -0.05) is 6.92 Å². The number of rotatable bonds is 3. The van der Waals surface area contributed by atoms with E-state index in [-0.39, 0.29) is 11.9 Å². The Morgan fingerprint density at radius 1 is 1.37 bits per heavy atom. The largest absolute Gasteiger partial charge is 0.390 e.